The first kappa shape index (κ1) is 13.7. The Hall–Kier alpha value is -1.41. The molecular formula is C9H15N3O4S. The molecule has 0 fully saturated rings. The maximum Gasteiger partial charge on any atom is 0.304 e. The molecule has 0 aromatic carbocycles. The fraction of sp³-hybridized carbons (Fsp3) is 0.556. The lowest BCUT2D eigenvalue weighted by atomic mass is 10.4. The monoisotopic (exact) mass is 261 g/mol. The van der Waals surface area contributed by atoms with E-state index in [0.717, 1.165) is 4.31 Å². The molecule has 0 aliphatic carbocycles. The van der Waals surface area contributed by atoms with Crippen LogP contribution in [0.15, 0.2) is 11.1 Å². The van der Waals surface area contributed by atoms with Crippen LogP contribution in [-0.2, 0) is 21.9 Å². The largest absolute Gasteiger partial charge is 0.481 e. The van der Waals surface area contributed by atoms with Gasteiger partial charge in [0.05, 0.1) is 12.1 Å². The van der Waals surface area contributed by atoms with Crippen LogP contribution in [0.25, 0.3) is 0 Å². The lowest BCUT2D eigenvalue weighted by Gasteiger charge is -2.15. The Labute approximate surface area is 99.7 Å². The molecule has 0 amide bonds. The highest BCUT2D eigenvalue weighted by atomic mass is 32.2. The first-order valence-corrected chi connectivity index (χ1v) is 6.37. The number of sulfonamides is 1. The summed E-state index contributed by atoms with van der Waals surface area (Å²) in [6, 6.07) is 0. The van der Waals surface area contributed by atoms with E-state index < -0.39 is 16.0 Å². The molecule has 1 rings (SSSR count). The molecule has 0 aliphatic heterocycles. The van der Waals surface area contributed by atoms with Crippen molar-refractivity contribution in [3.05, 3.63) is 11.9 Å². The summed E-state index contributed by atoms with van der Waals surface area (Å²) < 4.78 is 26.5. The SMILES string of the molecule is Cc1nn(C)cc1S(=O)(=O)N(C)CCC(=O)O. The zero-order chi connectivity index (χ0) is 13.2. The van der Waals surface area contributed by atoms with Crippen LogP contribution >= 0.6 is 0 Å². The third-order valence-electron chi connectivity index (χ3n) is 2.30. The Balaban J connectivity index is 2.95. The van der Waals surface area contributed by atoms with Gasteiger partial charge in [-0.1, -0.05) is 0 Å². The van der Waals surface area contributed by atoms with Crippen LogP contribution in [0, 0.1) is 6.92 Å². The number of rotatable bonds is 5. The molecule has 1 aromatic heterocycles. The van der Waals surface area contributed by atoms with Gasteiger partial charge in [0.1, 0.15) is 4.90 Å². The third kappa shape index (κ3) is 3.04. The standard InChI is InChI=1S/C9H15N3O4S/c1-7-8(6-11(2)10-7)17(15,16)12(3)5-4-9(13)14/h6H,4-5H2,1-3H3,(H,13,14). The number of aliphatic carboxylic acids is 1. The van der Waals surface area contributed by atoms with Gasteiger partial charge in [-0.25, -0.2) is 12.7 Å². The van der Waals surface area contributed by atoms with Crippen LogP contribution in [0.1, 0.15) is 12.1 Å². The summed E-state index contributed by atoms with van der Waals surface area (Å²) in [5.41, 5.74) is 0.398. The normalized spacial score (nSPS) is 12.0. The summed E-state index contributed by atoms with van der Waals surface area (Å²) in [5.74, 6) is -1.03. The molecule has 96 valence electrons. The van der Waals surface area contributed by atoms with Crippen molar-refractivity contribution in [3.8, 4) is 0 Å². The lowest BCUT2D eigenvalue weighted by molar-refractivity contribution is -0.137. The summed E-state index contributed by atoms with van der Waals surface area (Å²) >= 11 is 0. The van der Waals surface area contributed by atoms with Crippen molar-refractivity contribution in [2.24, 2.45) is 7.05 Å². The molecule has 7 nitrogen and oxygen atoms in total. The summed E-state index contributed by atoms with van der Waals surface area (Å²) in [7, 11) is -0.678. The van der Waals surface area contributed by atoms with Crippen molar-refractivity contribution < 1.29 is 18.3 Å². The van der Waals surface area contributed by atoms with Gasteiger partial charge in [0, 0.05) is 26.8 Å². The molecule has 0 radical (unpaired) electrons. The van der Waals surface area contributed by atoms with E-state index in [1.165, 1.54) is 17.9 Å². The number of aryl methyl sites for hydroxylation is 2. The van der Waals surface area contributed by atoms with Gasteiger partial charge >= 0.3 is 5.97 Å². The first-order chi connectivity index (χ1) is 7.75. The average molecular weight is 261 g/mol. The molecule has 1 N–H and O–H groups in total. The van der Waals surface area contributed by atoms with Crippen LogP contribution < -0.4 is 0 Å². The molecule has 1 aromatic rings. The van der Waals surface area contributed by atoms with E-state index in [4.69, 9.17) is 5.11 Å². The third-order valence-corrected chi connectivity index (χ3v) is 4.26. The molecule has 0 saturated carbocycles. The van der Waals surface area contributed by atoms with E-state index in [0.29, 0.717) is 5.69 Å². The summed E-state index contributed by atoms with van der Waals surface area (Å²) in [4.78, 5) is 10.5. The number of carbonyl (C=O) groups is 1. The maximum absolute atomic E-state index is 12.1. The maximum atomic E-state index is 12.1. The Kier molecular flexibility index (Phi) is 3.89. The van der Waals surface area contributed by atoms with E-state index in [1.54, 1.807) is 14.0 Å². The Morgan fingerprint density at radius 2 is 2.18 bits per heavy atom. The number of hydrogen-bond acceptors (Lipinski definition) is 4. The van der Waals surface area contributed by atoms with E-state index in [9.17, 15) is 13.2 Å². The zero-order valence-electron chi connectivity index (χ0n) is 9.91. The van der Waals surface area contributed by atoms with Crippen molar-refractivity contribution in [2.45, 2.75) is 18.2 Å². The van der Waals surface area contributed by atoms with Gasteiger partial charge in [0.15, 0.2) is 0 Å². The predicted octanol–water partition coefficient (Wildman–Crippen LogP) is -0.176. The van der Waals surface area contributed by atoms with Gasteiger partial charge in [-0.3, -0.25) is 9.48 Å². The van der Waals surface area contributed by atoms with E-state index in [-0.39, 0.29) is 17.9 Å². The van der Waals surface area contributed by atoms with Gasteiger partial charge in [-0.15, -0.1) is 0 Å². The van der Waals surface area contributed by atoms with Crippen LogP contribution in [0.4, 0.5) is 0 Å². The Bertz CT molecular complexity index is 520. The Morgan fingerprint density at radius 3 is 2.59 bits per heavy atom. The topological polar surface area (TPSA) is 92.5 Å². The van der Waals surface area contributed by atoms with Crippen LogP contribution in [0.5, 0.6) is 0 Å². The minimum Gasteiger partial charge on any atom is -0.481 e. The lowest BCUT2D eigenvalue weighted by Crippen LogP contribution is -2.29. The highest BCUT2D eigenvalue weighted by molar-refractivity contribution is 7.89. The number of nitrogens with zero attached hydrogens (tertiary/aromatic N) is 3. The van der Waals surface area contributed by atoms with Crippen molar-refractivity contribution in [3.63, 3.8) is 0 Å². The molecule has 17 heavy (non-hydrogen) atoms. The summed E-state index contributed by atoms with van der Waals surface area (Å²) in [6.07, 6.45) is 1.18. The molecule has 0 unspecified atom stereocenters. The molecule has 8 heteroatoms. The second-order valence-electron chi connectivity index (χ2n) is 3.72. The second-order valence-corrected chi connectivity index (χ2v) is 5.74. The molecule has 1 heterocycles. The van der Waals surface area contributed by atoms with Crippen molar-refractivity contribution in [2.75, 3.05) is 13.6 Å². The van der Waals surface area contributed by atoms with Gasteiger partial charge < -0.3 is 5.11 Å². The minimum atomic E-state index is -3.66. The first-order valence-electron chi connectivity index (χ1n) is 4.93. The highest BCUT2D eigenvalue weighted by Crippen LogP contribution is 2.17. The number of hydrogen-bond donors (Lipinski definition) is 1. The molecule has 0 aliphatic rings. The van der Waals surface area contributed by atoms with Crippen molar-refractivity contribution in [1.29, 1.82) is 0 Å². The molecular weight excluding hydrogens is 246 g/mol. The van der Waals surface area contributed by atoms with Gasteiger partial charge in [0.2, 0.25) is 10.0 Å². The quantitative estimate of drug-likeness (QED) is 0.794. The smallest absolute Gasteiger partial charge is 0.304 e. The van der Waals surface area contributed by atoms with Crippen LogP contribution in [0.3, 0.4) is 0 Å². The van der Waals surface area contributed by atoms with Crippen LogP contribution in [-0.4, -0.2) is 47.2 Å². The van der Waals surface area contributed by atoms with E-state index in [1.807, 2.05) is 0 Å². The Morgan fingerprint density at radius 1 is 1.59 bits per heavy atom. The minimum absolute atomic E-state index is 0.0635. The summed E-state index contributed by atoms with van der Waals surface area (Å²) in [5, 5.41) is 12.5. The number of carboxylic acids is 1. The van der Waals surface area contributed by atoms with Crippen molar-refractivity contribution >= 4 is 16.0 Å². The van der Waals surface area contributed by atoms with Crippen molar-refractivity contribution in [1.82, 2.24) is 14.1 Å². The van der Waals surface area contributed by atoms with E-state index >= 15 is 0 Å². The molecule has 0 saturated heterocycles. The number of aromatic nitrogens is 2. The van der Waals surface area contributed by atoms with Gasteiger partial charge in [0.25, 0.3) is 0 Å². The molecule has 0 bridgehead atoms. The predicted molar refractivity (Wildman–Crippen MR) is 60.0 cm³/mol. The fourth-order valence-corrected chi connectivity index (χ4v) is 2.74. The highest BCUT2D eigenvalue weighted by Gasteiger charge is 2.25. The number of carboxylic acid groups (broad SMARTS) is 1. The zero-order valence-corrected chi connectivity index (χ0v) is 10.7. The molecule has 0 spiro atoms. The fourth-order valence-electron chi connectivity index (χ4n) is 1.37. The average Bonchev–Trinajstić information content (AvgIpc) is 2.54. The second kappa shape index (κ2) is 4.84. The summed E-state index contributed by atoms with van der Waals surface area (Å²) in [6.45, 7) is 1.53. The van der Waals surface area contributed by atoms with Gasteiger partial charge in [-0.05, 0) is 6.92 Å². The van der Waals surface area contributed by atoms with Crippen LogP contribution in [0.2, 0.25) is 0 Å². The van der Waals surface area contributed by atoms with E-state index in [2.05, 4.69) is 5.10 Å². The molecule has 0 atom stereocenters. The van der Waals surface area contributed by atoms with Gasteiger partial charge in [-0.2, -0.15) is 5.10 Å².